The van der Waals surface area contributed by atoms with Gasteiger partial charge in [-0.15, -0.1) is 0 Å². The summed E-state index contributed by atoms with van der Waals surface area (Å²) in [5.41, 5.74) is -0.492. The van der Waals surface area contributed by atoms with E-state index in [9.17, 15) is 14.7 Å². The maximum atomic E-state index is 12.3. The number of rotatable bonds is 2. The van der Waals surface area contributed by atoms with E-state index in [1.165, 1.54) is 0 Å². The maximum absolute atomic E-state index is 12.3. The topological polar surface area (TPSA) is 70.1 Å². The molecule has 6 nitrogen and oxygen atoms in total. The number of aliphatic hydroxyl groups excluding tert-OH is 1. The Morgan fingerprint density at radius 2 is 1.87 bits per heavy atom. The van der Waals surface area contributed by atoms with Crippen LogP contribution in [-0.4, -0.2) is 64.8 Å². The van der Waals surface area contributed by atoms with Gasteiger partial charge >= 0.3 is 6.09 Å². The smallest absolute Gasteiger partial charge is 0.410 e. The van der Waals surface area contributed by atoms with Crippen molar-refractivity contribution in [1.82, 2.24) is 9.80 Å². The number of aliphatic hydroxyl groups is 1. The Labute approximate surface area is 138 Å². The first-order valence-corrected chi connectivity index (χ1v) is 8.70. The zero-order chi connectivity index (χ0) is 17.0. The summed E-state index contributed by atoms with van der Waals surface area (Å²) in [6, 6.07) is 0.133. The van der Waals surface area contributed by atoms with Crippen molar-refractivity contribution < 1.29 is 19.4 Å². The molecule has 6 heteroatoms. The van der Waals surface area contributed by atoms with E-state index in [0.29, 0.717) is 19.6 Å². The number of hydrogen-bond acceptors (Lipinski definition) is 4. The highest BCUT2D eigenvalue weighted by Gasteiger charge is 2.36. The van der Waals surface area contributed by atoms with Crippen molar-refractivity contribution in [3.05, 3.63) is 0 Å². The van der Waals surface area contributed by atoms with Gasteiger partial charge in [0, 0.05) is 25.7 Å². The van der Waals surface area contributed by atoms with Crippen molar-refractivity contribution in [3.63, 3.8) is 0 Å². The van der Waals surface area contributed by atoms with Crippen molar-refractivity contribution in [2.75, 3.05) is 26.2 Å². The summed E-state index contributed by atoms with van der Waals surface area (Å²) in [4.78, 5) is 27.9. The fourth-order valence-corrected chi connectivity index (χ4v) is 3.66. The van der Waals surface area contributed by atoms with Crippen molar-refractivity contribution in [1.29, 1.82) is 0 Å². The van der Waals surface area contributed by atoms with E-state index in [1.807, 2.05) is 25.7 Å². The molecule has 0 spiro atoms. The summed E-state index contributed by atoms with van der Waals surface area (Å²) in [6.07, 6.45) is 4.73. The molecule has 2 saturated heterocycles. The number of likely N-dealkylation sites (tertiary alicyclic amines) is 2. The van der Waals surface area contributed by atoms with Gasteiger partial charge in [-0.3, -0.25) is 4.79 Å². The molecule has 23 heavy (non-hydrogen) atoms. The largest absolute Gasteiger partial charge is 0.444 e. The van der Waals surface area contributed by atoms with Crippen LogP contribution in [0.3, 0.4) is 0 Å². The second kappa shape index (κ2) is 7.51. The summed E-state index contributed by atoms with van der Waals surface area (Å²) in [5, 5.41) is 9.20. The summed E-state index contributed by atoms with van der Waals surface area (Å²) in [6.45, 7) is 7.24. The predicted octanol–water partition coefficient (Wildman–Crippen LogP) is 2.01. The fourth-order valence-electron chi connectivity index (χ4n) is 3.66. The molecule has 2 rings (SSSR count). The van der Waals surface area contributed by atoms with Gasteiger partial charge in [0.05, 0.1) is 0 Å². The zero-order valence-electron chi connectivity index (χ0n) is 14.6. The van der Waals surface area contributed by atoms with Crippen LogP contribution in [0, 0.1) is 5.92 Å². The van der Waals surface area contributed by atoms with Crippen LogP contribution in [0.25, 0.3) is 0 Å². The molecule has 2 fully saturated rings. The lowest BCUT2D eigenvalue weighted by atomic mass is 9.84. The number of carbonyl (C=O) groups is 2. The SMILES string of the molecule is CC(C)(C)OC(=O)N1CCC[C@H]([C@H]2CCCCN2C(=O)CO)C1. The van der Waals surface area contributed by atoms with Gasteiger partial charge in [-0.25, -0.2) is 4.79 Å². The van der Waals surface area contributed by atoms with Gasteiger partial charge in [-0.1, -0.05) is 0 Å². The molecule has 2 aliphatic heterocycles. The molecule has 132 valence electrons. The Bertz CT molecular complexity index is 433. The first-order valence-electron chi connectivity index (χ1n) is 8.70. The highest BCUT2D eigenvalue weighted by atomic mass is 16.6. The predicted molar refractivity (Wildman–Crippen MR) is 87.0 cm³/mol. The van der Waals surface area contributed by atoms with Gasteiger partial charge in [-0.2, -0.15) is 0 Å². The van der Waals surface area contributed by atoms with Gasteiger partial charge in [0.15, 0.2) is 0 Å². The van der Waals surface area contributed by atoms with E-state index >= 15 is 0 Å². The number of hydrogen-bond donors (Lipinski definition) is 1. The molecule has 2 aliphatic rings. The molecule has 0 saturated carbocycles. The molecule has 0 unspecified atom stereocenters. The minimum atomic E-state index is -0.492. The number of amides is 2. The van der Waals surface area contributed by atoms with Crippen LogP contribution in [0.4, 0.5) is 4.79 Å². The Morgan fingerprint density at radius 3 is 2.52 bits per heavy atom. The maximum Gasteiger partial charge on any atom is 0.410 e. The third-order valence-electron chi connectivity index (χ3n) is 4.66. The number of piperidine rings is 2. The fraction of sp³-hybridized carbons (Fsp3) is 0.882. The summed E-state index contributed by atoms with van der Waals surface area (Å²) in [7, 11) is 0. The van der Waals surface area contributed by atoms with Gasteiger partial charge in [0.25, 0.3) is 0 Å². The molecule has 0 aromatic heterocycles. The second-order valence-corrected chi connectivity index (χ2v) is 7.64. The normalized spacial score (nSPS) is 26.1. The van der Waals surface area contributed by atoms with E-state index in [-0.39, 0.29) is 24.0 Å². The van der Waals surface area contributed by atoms with E-state index in [4.69, 9.17) is 4.74 Å². The van der Waals surface area contributed by atoms with Crippen molar-refractivity contribution in [2.45, 2.75) is 64.5 Å². The molecule has 2 amide bonds. The average molecular weight is 326 g/mol. The van der Waals surface area contributed by atoms with Gasteiger partial charge in [0.1, 0.15) is 12.2 Å². The molecule has 0 aliphatic carbocycles. The van der Waals surface area contributed by atoms with Crippen LogP contribution in [0.15, 0.2) is 0 Å². The minimum Gasteiger partial charge on any atom is -0.444 e. The monoisotopic (exact) mass is 326 g/mol. The van der Waals surface area contributed by atoms with Gasteiger partial charge in [-0.05, 0) is 58.8 Å². The first kappa shape index (κ1) is 18.0. The van der Waals surface area contributed by atoms with Crippen LogP contribution in [0.1, 0.15) is 52.9 Å². The third kappa shape index (κ3) is 4.83. The lowest BCUT2D eigenvalue weighted by molar-refractivity contribution is -0.139. The molecular formula is C17H30N2O4. The van der Waals surface area contributed by atoms with Crippen LogP contribution < -0.4 is 0 Å². The average Bonchev–Trinajstić information content (AvgIpc) is 2.52. The Morgan fingerprint density at radius 1 is 1.13 bits per heavy atom. The van der Waals surface area contributed by atoms with Gasteiger partial charge < -0.3 is 19.6 Å². The van der Waals surface area contributed by atoms with Crippen LogP contribution in [0.5, 0.6) is 0 Å². The molecule has 1 N–H and O–H groups in total. The number of carbonyl (C=O) groups excluding carboxylic acids is 2. The molecule has 0 radical (unpaired) electrons. The zero-order valence-corrected chi connectivity index (χ0v) is 14.6. The molecular weight excluding hydrogens is 296 g/mol. The van der Waals surface area contributed by atoms with Crippen molar-refractivity contribution in [2.24, 2.45) is 5.92 Å². The highest BCUT2D eigenvalue weighted by Crippen LogP contribution is 2.30. The second-order valence-electron chi connectivity index (χ2n) is 7.64. The number of ether oxygens (including phenoxy) is 1. The van der Waals surface area contributed by atoms with Crippen LogP contribution in [0.2, 0.25) is 0 Å². The van der Waals surface area contributed by atoms with Gasteiger partial charge in [0.2, 0.25) is 5.91 Å². The molecule has 0 bridgehead atoms. The molecule has 2 atom stereocenters. The van der Waals surface area contributed by atoms with Crippen LogP contribution in [-0.2, 0) is 9.53 Å². The minimum absolute atomic E-state index is 0.133. The van der Waals surface area contributed by atoms with E-state index in [2.05, 4.69) is 0 Å². The summed E-state index contributed by atoms with van der Waals surface area (Å²) < 4.78 is 5.47. The Hall–Kier alpha value is -1.30. The molecule has 0 aromatic carbocycles. The van der Waals surface area contributed by atoms with Crippen molar-refractivity contribution >= 4 is 12.0 Å². The Kier molecular flexibility index (Phi) is 5.89. The highest BCUT2D eigenvalue weighted by molar-refractivity contribution is 5.77. The quantitative estimate of drug-likeness (QED) is 0.843. The van der Waals surface area contributed by atoms with E-state index in [0.717, 1.165) is 32.1 Å². The summed E-state index contributed by atoms with van der Waals surface area (Å²) >= 11 is 0. The lowest BCUT2D eigenvalue weighted by Gasteiger charge is -2.44. The lowest BCUT2D eigenvalue weighted by Crippen LogP contribution is -2.53. The Balaban J connectivity index is 2.01. The molecule has 0 aromatic rings. The van der Waals surface area contributed by atoms with Crippen LogP contribution >= 0.6 is 0 Å². The summed E-state index contributed by atoms with van der Waals surface area (Å²) in [5.74, 6) is 0.0798. The van der Waals surface area contributed by atoms with Crippen molar-refractivity contribution in [3.8, 4) is 0 Å². The standard InChI is InChI=1S/C17H30N2O4/c1-17(2,3)23-16(22)18-9-6-7-13(11-18)14-8-4-5-10-19(14)15(21)12-20/h13-14,20H,4-12H2,1-3H3/t13-,14+/m0/s1. The number of nitrogens with zero attached hydrogens (tertiary/aromatic N) is 2. The van der Waals surface area contributed by atoms with E-state index < -0.39 is 12.2 Å². The molecule has 2 heterocycles. The first-order chi connectivity index (χ1) is 10.8. The van der Waals surface area contributed by atoms with E-state index in [1.54, 1.807) is 4.90 Å². The third-order valence-corrected chi connectivity index (χ3v) is 4.66.